The van der Waals surface area contributed by atoms with Crippen molar-refractivity contribution in [3.05, 3.63) is 29.8 Å². The van der Waals surface area contributed by atoms with Gasteiger partial charge in [-0.2, -0.15) is 0 Å². The summed E-state index contributed by atoms with van der Waals surface area (Å²) < 4.78 is 10.8. The van der Waals surface area contributed by atoms with Gasteiger partial charge in [0.2, 0.25) is 0 Å². The van der Waals surface area contributed by atoms with E-state index in [1.807, 2.05) is 52.0 Å². The lowest BCUT2D eigenvalue weighted by atomic mass is 10.1. The van der Waals surface area contributed by atoms with Crippen molar-refractivity contribution in [3.63, 3.8) is 0 Å². The molecule has 1 amide bonds. The van der Waals surface area contributed by atoms with E-state index in [9.17, 15) is 9.59 Å². The first kappa shape index (κ1) is 18.0. The lowest BCUT2D eigenvalue weighted by Crippen LogP contribution is -2.34. The molecule has 1 aromatic carbocycles. The Morgan fingerprint density at radius 3 is 2.73 bits per heavy atom. The Kier molecular flexibility index (Phi) is 6.89. The third-order valence-corrected chi connectivity index (χ3v) is 2.83. The van der Waals surface area contributed by atoms with Gasteiger partial charge in [0.25, 0.3) is 0 Å². The molecule has 1 N–H and O–H groups in total. The van der Waals surface area contributed by atoms with Gasteiger partial charge in [0.15, 0.2) is 0 Å². The molecule has 0 spiro atoms. The Morgan fingerprint density at radius 1 is 1.36 bits per heavy atom. The van der Waals surface area contributed by atoms with Crippen LogP contribution >= 0.6 is 0 Å². The molecule has 122 valence electrons. The third-order valence-electron chi connectivity index (χ3n) is 2.83. The van der Waals surface area contributed by atoms with Crippen LogP contribution in [0, 0.1) is 0 Å². The monoisotopic (exact) mass is 307 g/mol. The van der Waals surface area contributed by atoms with Crippen LogP contribution in [0.3, 0.4) is 0 Å². The molecule has 0 radical (unpaired) electrons. The van der Waals surface area contributed by atoms with Crippen molar-refractivity contribution in [2.75, 3.05) is 6.61 Å². The van der Waals surface area contributed by atoms with Gasteiger partial charge in [-0.05, 0) is 51.8 Å². The quantitative estimate of drug-likeness (QED) is 0.617. The van der Waals surface area contributed by atoms with Gasteiger partial charge in [-0.25, -0.2) is 4.79 Å². The molecule has 0 fully saturated rings. The van der Waals surface area contributed by atoms with E-state index in [1.54, 1.807) is 0 Å². The minimum Gasteiger partial charge on any atom is -0.494 e. The van der Waals surface area contributed by atoms with Crippen LogP contribution < -0.4 is 10.1 Å². The number of aldehydes is 1. The van der Waals surface area contributed by atoms with Crippen LogP contribution in [0.15, 0.2) is 24.3 Å². The van der Waals surface area contributed by atoms with Crippen molar-refractivity contribution in [3.8, 4) is 5.75 Å². The van der Waals surface area contributed by atoms with Crippen LogP contribution in [0.25, 0.3) is 0 Å². The number of ether oxygens (including phenoxy) is 2. The number of nitrogens with one attached hydrogen (secondary N) is 1. The standard InChI is InChI=1S/C17H25NO4/c1-13(18-16(20)22-17(2,3)4)14-8-7-9-15(12-14)21-11-6-5-10-19/h7-10,12-13H,5-6,11H2,1-4H3,(H,18,20). The number of alkyl carbamates (subject to hydrolysis) is 1. The third kappa shape index (κ3) is 7.11. The van der Waals surface area contributed by atoms with E-state index in [4.69, 9.17) is 9.47 Å². The molecule has 1 aromatic rings. The number of carbonyl (C=O) groups excluding carboxylic acids is 2. The van der Waals surface area contributed by atoms with E-state index in [0.717, 1.165) is 17.6 Å². The van der Waals surface area contributed by atoms with E-state index < -0.39 is 11.7 Å². The first-order chi connectivity index (χ1) is 10.3. The van der Waals surface area contributed by atoms with Crippen molar-refractivity contribution < 1.29 is 19.1 Å². The number of hydrogen-bond donors (Lipinski definition) is 1. The van der Waals surface area contributed by atoms with Crippen molar-refractivity contribution in [2.45, 2.75) is 52.2 Å². The summed E-state index contributed by atoms with van der Waals surface area (Å²) in [4.78, 5) is 22.0. The fourth-order valence-corrected chi connectivity index (χ4v) is 1.80. The molecule has 0 saturated carbocycles. The number of amides is 1. The van der Waals surface area contributed by atoms with Crippen LogP contribution in [0.4, 0.5) is 4.79 Å². The second-order valence-corrected chi connectivity index (χ2v) is 6.10. The van der Waals surface area contributed by atoms with Crippen molar-refractivity contribution in [1.82, 2.24) is 5.32 Å². The van der Waals surface area contributed by atoms with Crippen LogP contribution in [-0.4, -0.2) is 24.6 Å². The molecule has 0 saturated heterocycles. The maximum atomic E-state index is 11.8. The molecule has 0 aliphatic heterocycles. The summed E-state index contributed by atoms with van der Waals surface area (Å²) in [5.74, 6) is 0.723. The topological polar surface area (TPSA) is 64.6 Å². The zero-order chi connectivity index (χ0) is 16.6. The van der Waals surface area contributed by atoms with Crippen molar-refractivity contribution in [2.24, 2.45) is 0 Å². The Balaban J connectivity index is 2.56. The number of unbranched alkanes of at least 4 members (excludes halogenated alkanes) is 1. The highest BCUT2D eigenvalue weighted by molar-refractivity contribution is 5.68. The summed E-state index contributed by atoms with van der Waals surface area (Å²) in [6.45, 7) is 7.85. The lowest BCUT2D eigenvalue weighted by molar-refractivity contribution is -0.108. The SMILES string of the molecule is CC(NC(=O)OC(C)(C)C)c1cccc(OCCCC=O)c1. The number of carbonyl (C=O) groups is 2. The Labute approximate surface area is 132 Å². The van der Waals surface area contributed by atoms with Gasteiger partial charge >= 0.3 is 6.09 Å². The second-order valence-electron chi connectivity index (χ2n) is 6.10. The minimum absolute atomic E-state index is 0.187. The summed E-state index contributed by atoms with van der Waals surface area (Å²) >= 11 is 0. The lowest BCUT2D eigenvalue weighted by Gasteiger charge is -2.22. The van der Waals surface area contributed by atoms with Crippen molar-refractivity contribution in [1.29, 1.82) is 0 Å². The average Bonchev–Trinajstić information content (AvgIpc) is 2.42. The zero-order valence-electron chi connectivity index (χ0n) is 13.7. The first-order valence-electron chi connectivity index (χ1n) is 7.48. The van der Waals surface area contributed by atoms with E-state index in [0.29, 0.717) is 19.4 Å². The molecular formula is C17H25NO4. The molecule has 5 heteroatoms. The van der Waals surface area contributed by atoms with Crippen LogP contribution in [0.1, 0.15) is 52.1 Å². The second kappa shape index (κ2) is 8.41. The van der Waals surface area contributed by atoms with Crippen LogP contribution in [0.5, 0.6) is 5.75 Å². The predicted octanol–water partition coefficient (Wildman–Crippen LogP) is 3.63. The van der Waals surface area contributed by atoms with Gasteiger partial charge in [0, 0.05) is 6.42 Å². The summed E-state index contributed by atoms with van der Waals surface area (Å²) in [7, 11) is 0. The molecule has 22 heavy (non-hydrogen) atoms. The van der Waals surface area contributed by atoms with Gasteiger partial charge in [-0.15, -0.1) is 0 Å². The first-order valence-corrected chi connectivity index (χ1v) is 7.48. The van der Waals surface area contributed by atoms with E-state index in [-0.39, 0.29) is 6.04 Å². The molecular weight excluding hydrogens is 282 g/mol. The highest BCUT2D eigenvalue weighted by Gasteiger charge is 2.18. The minimum atomic E-state index is -0.520. The molecule has 5 nitrogen and oxygen atoms in total. The molecule has 0 bridgehead atoms. The zero-order valence-corrected chi connectivity index (χ0v) is 13.7. The Bertz CT molecular complexity index is 494. The maximum absolute atomic E-state index is 11.8. The number of hydrogen-bond acceptors (Lipinski definition) is 4. The molecule has 0 heterocycles. The van der Waals surface area contributed by atoms with Gasteiger partial charge < -0.3 is 19.6 Å². The maximum Gasteiger partial charge on any atom is 0.408 e. The molecule has 1 atom stereocenters. The summed E-state index contributed by atoms with van der Waals surface area (Å²) in [5, 5.41) is 2.79. The van der Waals surface area contributed by atoms with E-state index in [2.05, 4.69) is 5.32 Å². The van der Waals surface area contributed by atoms with E-state index in [1.165, 1.54) is 0 Å². The van der Waals surface area contributed by atoms with Crippen molar-refractivity contribution >= 4 is 12.4 Å². The smallest absolute Gasteiger partial charge is 0.408 e. The van der Waals surface area contributed by atoms with Gasteiger partial charge in [-0.3, -0.25) is 0 Å². The van der Waals surface area contributed by atoms with Gasteiger partial charge in [0.1, 0.15) is 17.6 Å². The van der Waals surface area contributed by atoms with Crippen LogP contribution in [0.2, 0.25) is 0 Å². The van der Waals surface area contributed by atoms with Gasteiger partial charge in [0.05, 0.1) is 12.6 Å². The normalized spacial score (nSPS) is 12.4. The fourth-order valence-electron chi connectivity index (χ4n) is 1.80. The number of rotatable bonds is 7. The van der Waals surface area contributed by atoms with Crippen LogP contribution in [-0.2, 0) is 9.53 Å². The highest BCUT2D eigenvalue weighted by Crippen LogP contribution is 2.20. The summed E-state index contributed by atoms with van der Waals surface area (Å²) in [5.41, 5.74) is 0.409. The van der Waals surface area contributed by atoms with E-state index >= 15 is 0 Å². The summed E-state index contributed by atoms with van der Waals surface area (Å²) in [6, 6.07) is 7.33. The highest BCUT2D eigenvalue weighted by atomic mass is 16.6. The number of benzene rings is 1. The average molecular weight is 307 g/mol. The largest absolute Gasteiger partial charge is 0.494 e. The van der Waals surface area contributed by atoms with Gasteiger partial charge in [-0.1, -0.05) is 12.1 Å². The Morgan fingerprint density at radius 2 is 2.09 bits per heavy atom. The fraction of sp³-hybridized carbons (Fsp3) is 0.529. The molecule has 1 unspecified atom stereocenters. The predicted molar refractivity (Wildman–Crippen MR) is 85.0 cm³/mol. The Hall–Kier alpha value is -2.04. The summed E-state index contributed by atoms with van der Waals surface area (Å²) in [6.07, 6.45) is 1.62. The molecule has 1 rings (SSSR count). The molecule has 0 aromatic heterocycles. The molecule has 0 aliphatic carbocycles. The molecule has 0 aliphatic rings.